The van der Waals surface area contributed by atoms with Crippen molar-refractivity contribution in [3.8, 4) is 19.5 Å². The highest BCUT2D eigenvalue weighted by Crippen LogP contribution is 2.45. The van der Waals surface area contributed by atoms with Crippen molar-refractivity contribution < 1.29 is 19.2 Å². The van der Waals surface area contributed by atoms with Crippen LogP contribution in [0.2, 0.25) is 0 Å². The molecule has 0 radical (unpaired) electrons. The maximum absolute atomic E-state index is 16.2. The monoisotopic (exact) mass is 1750 g/mol. The molecule has 4 atom stereocenters. The zero-order valence-electron chi connectivity index (χ0n) is 74.1. The van der Waals surface area contributed by atoms with Gasteiger partial charge in [-0.15, -0.1) is 56.7 Å². The molecule has 2 aromatic carbocycles. The molecule has 7 aromatic rings. The summed E-state index contributed by atoms with van der Waals surface area (Å²) in [6, 6.07) is 30.9. The number of amides is 4. The maximum Gasteiger partial charge on any atom is 0.260 e. The Morgan fingerprint density at radius 3 is 0.703 bits per heavy atom. The maximum atomic E-state index is 16.2. The van der Waals surface area contributed by atoms with Crippen molar-refractivity contribution in [2.45, 2.75) is 364 Å². The Morgan fingerprint density at radius 2 is 0.466 bits per heavy atom. The quantitative estimate of drug-likeness (QED) is 0.0356. The number of thiophene rings is 5. The van der Waals surface area contributed by atoms with Gasteiger partial charge in [-0.2, -0.15) is 0 Å². The number of benzene rings is 2. The number of hydrogen-bond acceptors (Lipinski definition) is 9. The number of rotatable bonds is 62. The molecule has 11 rings (SSSR count). The van der Waals surface area contributed by atoms with Crippen LogP contribution in [0.4, 0.5) is 22.7 Å². The van der Waals surface area contributed by atoms with Gasteiger partial charge in [0.25, 0.3) is 23.6 Å². The average molecular weight is 1760 g/mol. The molecule has 4 amide bonds. The van der Waals surface area contributed by atoms with Gasteiger partial charge < -0.3 is 19.6 Å². The van der Waals surface area contributed by atoms with Crippen molar-refractivity contribution in [2.24, 2.45) is 23.7 Å². The summed E-state index contributed by atoms with van der Waals surface area (Å²) in [5, 5.41) is 5.96. The molecule has 0 fully saturated rings. The van der Waals surface area contributed by atoms with E-state index in [2.05, 4.69) is 181 Å². The molecule has 4 aliphatic rings. The van der Waals surface area contributed by atoms with Crippen molar-refractivity contribution in [3.63, 3.8) is 0 Å². The second-order valence-corrected chi connectivity index (χ2v) is 42.3. The Bertz CT molecular complexity index is 4540. The molecule has 5 aromatic heterocycles. The molecule has 118 heavy (non-hydrogen) atoms. The van der Waals surface area contributed by atoms with Gasteiger partial charge in [-0.1, -0.05) is 318 Å². The molecular formula is C104H147BrN4O4S5. The number of carbonyl (C=O) groups excluding carboxylic acids is 4. The van der Waals surface area contributed by atoms with Gasteiger partial charge in [-0.3, -0.25) is 19.2 Å². The minimum absolute atomic E-state index is 0.0805. The number of hydrogen-bond donors (Lipinski definition) is 0. The van der Waals surface area contributed by atoms with E-state index in [-0.39, 0.29) is 23.6 Å². The summed E-state index contributed by atoms with van der Waals surface area (Å²) in [6.07, 6.45) is 58.3. The van der Waals surface area contributed by atoms with E-state index >= 15 is 19.2 Å². The highest BCUT2D eigenvalue weighted by molar-refractivity contribution is 9.11. The highest BCUT2D eigenvalue weighted by Gasteiger charge is 2.41. The number of unbranched alkanes of at least 4 members (excludes halogenated alkanes) is 32. The van der Waals surface area contributed by atoms with Crippen molar-refractivity contribution >= 4 is 141 Å². The predicted octanol–water partition coefficient (Wildman–Crippen LogP) is 29.6. The highest BCUT2D eigenvalue weighted by atomic mass is 79.9. The van der Waals surface area contributed by atoms with Gasteiger partial charge in [0.2, 0.25) is 0 Å². The molecule has 8 nitrogen and oxygen atoms in total. The number of anilines is 4. The summed E-state index contributed by atoms with van der Waals surface area (Å²) in [4.78, 5) is 80.6. The summed E-state index contributed by atoms with van der Waals surface area (Å²) in [5.41, 5.74) is 6.90. The standard InChI is InChI=1S/C104H147BrN4O4S5/c1-9-17-25-33-37-45-54-76(50-41-29-21-13-5)72-106-84-69-81-85(68-80(84)97(101(106)110)92-58-49-67-114-92)107(73-77(51-42-30-22-14-6)55-46-38-34-26-18-10-2)102(111)98(81)93-63-61-90(116-93)88-59-60-89(115-88)91-62-64-94(117-91)99-82-70-87-83(71-86(82)108(103(99)112)74-78(52-43-31-23-15-7)56-47-39-35-27-19-11-3)100(95-65-66-96(105)118-95)104(113)109(87)75-79(53-44-32-24-16-8)57-48-40-36-28-20-12-4/h49,58-71,76-79H,9-48,50-57,72-75H2,1-8H3. The van der Waals surface area contributed by atoms with Gasteiger partial charge in [-0.05, 0) is 175 Å². The van der Waals surface area contributed by atoms with Gasteiger partial charge >= 0.3 is 0 Å². The van der Waals surface area contributed by atoms with Crippen LogP contribution in [0.1, 0.15) is 383 Å². The fourth-order valence-electron chi connectivity index (χ4n) is 19.3. The van der Waals surface area contributed by atoms with E-state index in [9.17, 15) is 0 Å². The lowest BCUT2D eigenvalue weighted by molar-refractivity contribution is -0.114. The summed E-state index contributed by atoms with van der Waals surface area (Å²) < 4.78 is 1.01. The smallest absolute Gasteiger partial charge is 0.260 e. The molecule has 0 aliphatic carbocycles. The van der Waals surface area contributed by atoms with Crippen molar-refractivity contribution in [3.05, 3.63) is 134 Å². The Kier molecular flexibility index (Phi) is 39.5. The first-order valence-electron chi connectivity index (χ1n) is 48.1. The molecule has 0 saturated heterocycles. The molecular weight excluding hydrogens is 1610 g/mol. The first-order chi connectivity index (χ1) is 57.9. The van der Waals surface area contributed by atoms with E-state index in [1.165, 1.54) is 257 Å². The second-order valence-electron chi connectivity index (χ2n) is 35.6. The van der Waals surface area contributed by atoms with Gasteiger partial charge in [-0.25, -0.2) is 0 Å². The van der Waals surface area contributed by atoms with Gasteiger partial charge in [0.15, 0.2) is 0 Å². The fourth-order valence-corrected chi connectivity index (χ4v) is 24.8. The van der Waals surface area contributed by atoms with Crippen molar-refractivity contribution in [1.29, 1.82) is 0 Å². The summed E-state index contributed by atoms with van der Waals surface area (Å²) in [6.45, 7) is 21.1. The summed E-state index contributed by atoms with van der Waals surface area (Å²) >= 11 is 12.3. The van der Waals surface area contributed by atoms with E-state index in [1.54, 1.807) is 56.7 Å². The predicted molar refractivity (Wildman–Crippen MR) is 519 cm³/mol. The fraction of sp³-hybridized carbons (Fsp3) is 0.615. The minimum atomic E-state index is 0.0805. The van der Waals surface area contributed by atoms with E-state index in [4.69, 9.17) is 0 Å². The molecule has 9 heterocycles. The van der Waals surface area contributed by atoms with Crippen LogP contribution in [0, 0.1) is 23.7 Å². The Hall–Kier alpha value is -5.22. The summed E-state index contributed by atoms with van der Waals surface area (Å²) in [5.74, 6) is 1.87. The van der Waals surface area contributed by atoms with Crippen molar-refractivity contribution in [1.82, 2.24) is 0 Å². The number of carbonyl (C=O) groups is 4. The van der Waals surface area contributed by atoms with Crippen LogP contribution in [0.15, 0.2) is 94.1 Å². The Balaban J connectivity index is 0.972. The van der Waals surface area contributed by atoms with Gasteiger partial charge in [0.05, 0.1) is 48.8 Å². The van der Waals surface area contributed by atoms with Crippen LogP contribution in [0.3, 0.4) is 0 Å². The topological polar surface area (TPSA) is 81.2 Å². The van der Waals surface area contributed by atoms with E-state index in [0.29, 0.717) is 49.9 Å². The minimum Gasteiger partial charge on any atom is -0.307 e. The van der Waals surface area contributed by atoms with Crippen LogP contribution in [-0.4, -0.2) is 49.8 Å². The Morgan fingerprint density at radius 1 is 0.254 bits per heavy atom. The number of halogens is 1. The molecule has 0 saturated carbocycles. The number of nitrogens with zero attached hydrogens (tertiary/aromatic N) is 4. The molecule has 4 aliphatic heterocycles. The Labute approximate surface area is 741 Å². The van der Waals surface area contributed by atoms with Gasteiger partial charge in [0, 0.05) is 86.1 Å². The number of fused-ring (bicyclic) bond motifs is 4. The third kappa shape index (κ3) is 25.3. The average Bonchev–Trinajstić information content (AvgIpc) is 1.57. The molecule has 4 unspecified atom stereocenters. The first kappa shape index (κ1) is 93.5. The summed E-state index contributed by atoms with van der Waals surface area (Å²) in [7, 11) is 0. The molecule has 0 N–H and O–H groups in total. The second kappa shape index (κ2) is 49.9. The lowest BCUT2D eigenvalue weighted by Gasteiger charge is -2.27. The van der Waals surface area contributed by atoms with E-state index < -0.39 is 0 Å². The third-order valence-corrected chi connectivity index (χ3v) is 32.4. The van der Waals surface area contributed by atoms with Crippen LogP contribution < -0.4 is 40.5 Å². The van der Waals surface area contributed by atoms with Gasteiger partial charge in [0.1, 0.15) is 0 Å². The molecule has 0 bridgehead atoms. The molecule has 14 heteroatoms. The van der Waals surface area contributed by atoms with Crippen LogP contribution in [0.5, 0.6) is 0 Å². The molecule has 644 valence electrons. The van der Waals surface area contributed by atoms with E-state index in [0.717, 1.165) is 160 Å². The van der Waals surface area contributed by atoms with E-state index in [1.807, 2.05) is 0 Å². The van der Waals surface area contributed by atoms with Crippen molar-refractivity contribution in [2.75, 3.05) is 45.8 Å². The zero-order chi connectivity index (χ0) is 83.0. The van der Waals surface area contributed by atoms with Crippen LogP contribution >= 0.6 is 72.6 Å². The normalized spacial score (nSPS) is 15.0. The van der Waals surface area contributed by atoms with Crippen LogP contribution in [0.25, 0.3) is 41.8 Å². The lowest BCUT2D eigenvalue weighted by atomic mass is 9.93. The largest absolute Gasteiger partial charge is 0.307 e. The molecule has 0 spiro atoms. The lowest BCUT2D eigenvalue weighted by Crippen LogP contribution is -2.35. The van der Waals surface area contributed by atoms with Crippen LogP contribution in [-0.2, 0) is 19.2 Å². The third-order valence-electron chi connectivity index (χ3n) is 26.2. The first-order valence-corrected chi connectivity index (χ1v) is 53.0. The zero-order valence-corrected chi connectivity index (χ0v) is 79.7. The SMILES string of the molecule is CCCCCCCCC(CCCCCC)CN1C(=O)C(c2cccs2)=c2cc3c(cc21)=C(c1ccc(-c2ccc(-c4ccc(C5=c6cc7c(cc6N(CC(CCCCCC)CCCCCCCC)C5=O)=C(c5ccc(Br)s5)C(=O)N7CC(CCCCCC)CCCCCCCC)s4)s2)s1)C(=O)N3CC(CCCCCC)CCCCCCCC.